The molecule has 1 N–H and O–H groups in total. The molecule has 1 aliphatic heterocycles. The molecule has 0 saturated heterocycles. The van der Waals surface area contributed by atoms with E-state index in [1.165, 1.54) is 17.0 Å². The molecule has 0 bridgehead atoms. The first kappa shape index (κ1) is 8.95. The summed E-state index contributed by atoms with van der Waals surface area (Å²) < 4.78 is 0. The van der Waals surface area contributed by atoms with Gasteiger partial charge in [0.2, 0.25) is 0 Å². The number of benzene rings is 1. The lowest BCUT2D eigenvalue weighted by molar-refractivity contribution is 0.568. The van der Waals surface area contributed by atoms with Crippen LogP contribution in [-0.2, 0) is 0 Å². The highest BCUT2D eigenvalue weighted by molar-refractivity contribution is 8.00. The van der Waals surface area contributed by atoms with Crippen molar-refractivity contribution in [3.8, 4) is 0 Å². The zero-order chi connectivity index (χ0) is 9.26. The van der Waals surface area contributed by atoms with Crippen molar-refractivity contribution in [1.82, 2.24) is 0 Å². The summed E-state index contributed by atoms with van der Waals surface area (Å²) in [6.07, 6.45) is 1.23. The van der Waals surface area contributed by atoms with Crippen LogP contribution in [0.5, 0.6) is 0 Å². The van der Waals surface area contributed by atoms with Gasteiger partial charge in [-0.15, -0.1) is 0 Å². The SMILES string of the molecule is CCC(C)C1Nc2ccccc2S1. The van der Waals surface area contributed by atoms with Crippen molar-refractivity contribution in [2.75, 3.05) is 5.32 Å². The van der Waals surface area contributed by atoms with Crippen LogP contribution in [0.15, 0.2) is 29.2 Å². The van der Waals surface area contributed by atoms with Crippen LogP contribution in [0.1, 0.15) is 20.3 Å². The topological polar surface area (TPSA) is 12.0 Å². The number of hydrogen-bond acceptors (Lipinski definition) is 2. The Bertz CT molecular complexity index is 273. The maximum Gasteiger partial charge on any atom is 0.0795 e. The van der Waals surface area contributed by atoms with E-state index in [2.05, 4.69) is 43.4 Å². The lowest BCUT2D eigenvalue weighted by Crippen LogP contribution is -2.18. The van der Waals surface area contributed by atoms with Gasteiger partial charge in [0.15, 0.2) is 0 Å². The lowest BCUT2D eigenvalue weighted by Gasteiger charge is -2.16. The van der Waals surface area contributed by atoms with E-state index < -0.39 is 0 Å². The Balaban J connectivity index is 2.14. The number of anilines is 1. The van der Waals surface area contributed by atoms with Gasteiger partial charge in [0.25, 0.3) is 0 Å². The van der Waals surface area contributed by atoms with E-state index in [4.69, 9.17) is 0 Å². The molecule has 2 atom stereocenters. The van der Waals surface area contributed by atoms with Crippen LogP contribution in [0.4, 0.5) is 5.69 Å². The third-order valence-corrected chi connectivity index (χ3v) is 4.05. The summed E-state index contributed by atoms with van der Waals surface area (Å²) in [5, 5.41) is 4.12. The molecule has 2 unspecified atom stereocenters. The van der Waals surface area contributed by atoms with Gasteiger partial charge in [0.05, 0.1) is 5.37 Å². The van der Waals surface area contributed by atoms with Crippen molar-refractivity contribution >= 4 is 17.4 Å². The summed E-state index contributed by atoms with van der Waals surface area (Å²) in [7, 11) is 0. The number of thioether (sulfide) groups is 1. The monoisotopic (exact) mass is 193 g/mol. The van der Waals surface area contributed by atoms with E-state index >= 15 is 0 Å². The van der Waals surface area contributed by atoms with Gasteiger partial charge >= 0.3 is 0 Å². The molecule has 0 radical (unpaired) electrons. The summed E-state index contributed by atoms with van der Waals surface area (Å²) in [6.45, 7) is 4.55. The van der Waals surface area contributed by atoms with Gasteiger partial charge in [-0.1, -0.05) is 44.2 Å². The summed E-state index contributed by atoms with van der Waals surface area (Å²) >= 11 is 1.96. The fourth-order valence-corrected chi connectivity index (χ4v) is 2.78. The van der Waals surface area contributed by atoms with E-state index in [9.17, 15) is 0 Å². The zero-order valence-corrected chi connectivity index (χ0v) is 8.90. The largest absolute Gasteiger partial charge is 0.372 e. The molecule has 1 heterocycles. The van der Waals surface area contributed by atoms with Crippen molar-refractivity contribution in [1.29, 1.82) is 0 Å². The molecule has 0 amide bonds. The van der Waals surface area contributed by atoms with Gasteiger partial charge in [-0.2, -0.15) is 0 Å². The number of hydrogen-bond donors (Lipinski definition) is 1. The minimum atomic E-state index is 0.572. The van der Waals surface area contributed by atoms with Crippen LogP contribution in [0.25, 0.3) is 0 Å². The van der Waals surface area contributed by atoms with Gasteiger partial charge in [-0.05, 0) is 18.1 Å². The van der Waals surface area contributed by atoms with E-state index in [0.717, 1.165) is 5.92 Å². The van der Waals surface area contributed by atoms with Crippen molar-refractivity contribution in [3.05, 3.63) is 24.3 Å². The van der Waals surface area contributed by atoms with Gasteiger partial charge in [0.1, 0.15) is 0 Å². The Morgan fingerprint density at radius 1 is 1.46 bits per heavy atom. The maximum absolute atomic E-state index is 3.55. The van der Waals surface area contributed by atoms with E-state index in [-0.39, 0.29) is 0 Å². The fourth-order valence-electron chi connectivity index (χ4n) is 1.48. The molecule has 1 aromatic rings. The lowest BCUT2D eigenvalue weighted by atomic mass is 10.1. The molecule has 1 aromatic carbocycles. The molecular formula is C11H15NS. The maximum atomic E-state index is 3.55. The van der Waals surface area contributed by atoms with Crippen LogP contribution >= 0.6 is 11.8 Å². The predicted octanol–water partition coefficient (Wildman–Crippen LogP) is 3.58. The Morgan fingerprint density at radius 2 is 2.23 bits per heavy atom. The Hall–Kier alpha value is -0.630. The van der Waals surface area contributed by atoms with Crippen LogP contribution < -0.4 is 5.32 Å². The standard InChI is InChI=1S/C11H15NS/c1-3-8(2)11-12-9-6-4-5-7-10(9)13-11/h4-8,11-12H,3H2,1-2H3. The summed E-state index contributed by atoms with van der Waals surface area (Å²) in [5.74, 6) is 0.734. The minimum absolute atomic E-state index is 0.572. The highest BCUT2D eigenvalue weighted by atomic mass is 32.2. The van der Waals surface area contributed by atoms with E-state index in [1.54, 1.807) is 0 Å². The Labute approximate surface area is 83.9 Å². The Morgan fingerprint density at radius 3 is 2.92 bits per heavy atom. The zero-order valence-electron chi connectivity index (χ0n) is 8.08. The molecule has 2 heteroatoms. The van der Waals surface area contributed by atoms with Crippen LogP contribution in [0, 0.1) is 5.92 Å². The summed E-state index contributed by atoms with van der Waals surface area (Å²) in [5.41, 5.74) is 1.30. The van der Waals surface area contributed by atoms with Crippen LogP contribution in [0.3, 0.4) is 0 Å². The number of rotatable bonds is 2. The van der Waals surface area contributed by atoms with Crippen molar-refractivity contribution < 1.29 is 0 Å². The quantitative estimate of drug-likeness (QED) is 0.770. The number of nitrogens with one attached hydrogen (secondary N) is 1. The molecule has 0 fully saturated rings. The minimum Gasteiger partial charge on any atom is -0.372 e. The molecule has 70 valence electrons. The second-order valence-electron chi connectivity index (χ2n) is 3.56. The molecule has 1 aliphatic rings. The summed E-state index contributed by atoms with van der Waals surface area (Å²) in [4.78, 5) is 1.40. The van der Waals surface area contributed by atoms with Crippen molar-refractivity contribution in [2.45, 2.75) is 30.5 Å². The smallest absolute Gasteiger partial charge is 0.0795 e. The third-order valence-electron chi connectivity index (χ3n) is 2.60. The molecule has 13 heavy (non-hydrogen) atoms. The molecule has 0 spiro atoms. The highest BCUT2D eigenvalue weighted by Gasteiger charge is 2.24. The first-order valence-electron chi connectivity index (χ1n) is 4.83. The Kier molecular flexibility index (Phi) is 2.49. The summed E-state index contributed by atoms with van der Waals surface area (Å²) in [6, 6.07) is 8.54. The molecule has 2 rings (SSSR count). The van der Waals surface area contributed by atoms with Crippen molar-refractivity contribution in [3.63, 3.8) is 0 Å². The van der Waals surface area contributed by atoms with Gasteiger partial charge in [0, 0.05) is 10.6 Å². The van der Waals surface area contributed by atoms with Crippen LogP contribution in [0.2, 0.25) is 0 Å². The molecule has 1 nitrogen and oxygen atoms in total. The third kappa shape index (κ3) is 1.68. The highest BCUT2D eigenvalue weighted by Crippen LogP contribution is 2.41. The van der Waals surface area contributed by atoms with Gasteiger partial charge in [-0.25, -0.2) is 0 Å². The molecule has 0 aliphatic carbocycles. The van der Waals surface area contributed by atoms with Crippen LogP contribution in [-0.4, -0.2) is 5.37 Å². The first-order chi connectivity index (χ1) is 6.31. The second-order valence-corrected chi connectivity index (χ2v) is 4.75. The van der Waals surface area contributed by atoms with Gasteiger partial charge < -0.3 is 5.32 Å². The van der Waals surface area contributed by atoms with Crippen molar-refractivity contribution in [2.24, 2.45) is 5.92 Å². The number of para-hydroxylation sites is 1. The predicted molar refractivity (Wildman–Crippen MR) is 59.2 cm³/mol. The molecule has 0 saturated carbocycles. The number of fused-ring (bicyclic) bond motifs is 1. The van der Waals surface area contributed by atoms with E-state index in [1.807, 2.05) is 11.8 Å². The van der Waals surface area contributed by atoms with E-state index in [0.29, 0.717) is 5.37 Å². The second kappa shape index (κ2) is 3.62. The average Bonchev–Trinajstić information content (AvgIpc) is 2.59. The molecular weight excluding hydrogens is 178 g/mol. The normalized spacial score (nSPS) is 22.2. The molecule has 0 aromatic heterocycles. The first-order valence-corrected chi connectivity index (χ1v) is 5.71. The fraction of sp³-hybridized carbons (Fsp3) is 0.455. The van der Waals surface area contributed by atoms with Gasteiger partial charge in [-0.3, -0.25) is 0 Å². The average molecular weight is 193 g/mol.